The van der Waals surface area contributed by atoms with Gasteiger partial charge in [-0.05, 0) is 43.1 Å². The van der Waals surface area contributed by atoms with E-state index in [0.29, 0.717) is 24.0 Å². The van der Waals surface area contributed by atoms with E-state index in [2.05, 4.69) is 41.2 Å². The van der Waals surface area contributed by atoms with Crippen LogP contribution in [0.5, 0.6) is 0 Å². The number of aldehydes is 1. The minimum atomic E-state index is -0.367. The zero-order chi connectivity index (χ0) is 22.0. The van der Waals surface area contributed by atoms with Gasteiger partial charge in [0.15, 0.2) is 0 Å². The molecule has 0 aliphatic heterocycles. The first-order chi connectivity index (χ1) is 12.4. The molecule has 4 heteroatoms. The minimum Gasteiger partial charge on any atom is -0.501 e. The van der Waals surface area contributed by atoms with Crippen molar-refractivity contribution in [3.63, 3.8) is 0 Å². The molecule has 0 spiro atoms. The van der Waals surface area contributed by atoms with E-state index in [-0.39, 0.29) is 12.3 Å². The Morgan fingerprint density at radius 1 is 1.15 bits per heavy atom. The van der Waals surface area contributed by atoms with Crippen molar-refractivity contribution in [1.29, 1.82) is 0 Å². The monoisotopic (exact) mass is 383 g/mol. The fourth-order valence-electron chi connectivity index (χ4n) is 2.30. The van der Waals surface area contributed by atoms with E-state index >= 15 is 0 Å². The maximum Gasteiger partial charge on any atom is 0.217 e. The van der Waals surface area contributed by atoms with Gasteiger partial charge in [-0.25, -0.2) is 0 Å². The van der Waals surface area contributed by atoms with Gasteiger partial charge in [-0.2, -0.15) is 0 Å². The molecular weight excluding hydrogens is 338 g/mol. The lowest BCUT2D eigenvalue weighted by atomic mass is 9.86. The van der Waals surface area contributed by atoms with Gasteiger partial charge >= 0.3 is 0 Å². The molecule has 0 aromatic heterocycles. The maximum absolute atomic E-state index is 10.5. The fourth-order valence-corrected chi connectivity index (χ4v) is 2.30. The van der Waals surface area contributed by atoms with Crippen molar-refractivity contribution in [3.05, 3.63) is 23.5 Å². The second-order valence-corrected chi connectivity index (χ2v) is 8.16. The summed E-state index contributed by atoms with van der Waals surface area (Å²) in [6.07, 6.45) is 5.51. The molecule has 0 unspecified atom stereocenters. The molecule has 0 aromatic carbocycles. The number of allylic oxidation sites excluding steroid dienone is 3. The number of hydrogen-bond acceptors (Lipinski definition) is 3. The molecule has 27 heavy (non-hydrogen) atoms. The molecule has 160 valence electrons. The van der Waals surface area contributed by atoms with Gasteiger partial charge in [-0.3, -0.25) is 4.79 Å². The Labute approximate surface area is 168 Å². The van der Waals surface area contributed by atoms with E-state index in [0.717, 1.165) is 17.8 Å². The third-order valence-corrected chi connectivity index (χ3v) is 3.57. The maximum atomic E-state index is 10.5. The zero-order valence-corrected chi connectivity index (χ0v) is 19.4. The van der Waals surface area contributed by atoms with Crippen LogP contribution in [0.4, 0.5) is 0 Å². The highest BCUT2D eigenvalue weighted by Crippen LogP contribution is 2.26. The van der Waals surface area contributed by atoms with E-state index < -0.39 is 0 Å². The number of carbonyl (C=O) groups excluding carboxylic acids is 2. The van der Waals surface area contributed by atoms with Crippen molar-refractivity contribution in [2.45, 2.75) is 93.9 Å². The third kappa shape index (κ3) is 24.4. The summed E-state index contributed by atoms with van der Waals surface area (Å²) in [7, 11) is 1.52. The molecule has 1 amide bonds. The quantitative estimate of drug-likeness (QED) is 0.277. The Kier molecular flexibility index (Phi) is 19.9. The van der Waals surface area contributed by atoms with E-state index in [4.69, 9.17) is 10.5 Å². The molecule has 0 aromatic rings. The summed E-state index contributed by atoms with van der Waals surface area (Å²) in [5, 5.41) is 0. The summed E-state index contributed by atoms with van der Waals surface area (Å²) in [5.41, 5.74) is 7.65. The molecule has 0 aliphatic rings. The summed E-state index contributed by atoms with van der Waals surface area (Å²) in [6, 6.07) is 0. The highest BCUT2D eigenvalue weighted by Gasteiger charge is 2.11. The predicted octanol–water partition coefficient (Wildman–Crippen LogP) is 6.20. The molecule has 0 radical (unpaired) electrons. The molecule has 0 atom stereocenters. The van der Waals surface area contributed by atoms with Gasteiger partial charge in [-0.1, -0.05) is 60.6 Å². The zero-order valence-electron chi connectivity index (χ0n) is 19.4. The highest BCUT2D eigenvalue weighted by atomic mass is 16.5. The van der Waals surface area contributed by atoms with Crippen molar-refractivity contribution < 1.29 is 14.3 Å². The van der Waals surface area contributed by atoms with Crippen LogP contribution in [-0.2, 0) is 14.3 Å². The number of rotatable bonds is 10. The van der Waals surface area contributed by atoms with Gasteiger partial charge in [0.1, 0.15) is 6.29 Å². The first kappa shape index (κ1) is 30.2. The van der Waals surface area contributed by atoms with Crippen LogP contribution >= 0.6 is 0 Å². The molecule has 0 bridgehead atoms. The molecule has 4 nitrogen and oxygen atoms in total. The highest BCUT2D eigenvalue weighted by molar-refractivity contribution is 5.73. The Balaban J connectivity index is -0.000000391. The Hall–Kier alpha value is -1.58. The topological polar surface area (TPSA) is 69.4 Å². The van der Waals surface area contributed by atoms with Crippen molar-refractivity contribution >= 4 is 12.2 Å². The molecule has 0 aliphatic carbocycles. The summed E-state index contributed by atoms with van der Waals surface area (Å²) in [6.45, 7) is 21.3. The van der Waals surface area contributed by atoms with Crippen LogP contribution in [0.25, 0.3) is 0 Å². The van der Waals surface area contributed by atoms with Gasteiger partial charge in [-0.15, -0.1) is 0 Å². The van der Waals surface area contributed by atoms with Gasteiger partial charge in [0, 0.05) is 19.3 Å². The molecule has 0 saturated heterocycles. The Morgan fingerprint density at radius 2 is 1.67 bits per heavy atom. The summed E-state index contributed by atoms with van der Waals surface area (Å²) >= 11 is 0. The number of hydrogen-bond donors (Lipinski definition) is 1. The van der Waals surface area contributed by atoms with Crippen molar-refractivity contribution in [2.24, 2.45) is 17.1 Å². The average Bonchev–Trinajstić information content (AvgIpc) is 2.54. The summed E-state index contributed by atoms with van der Waals surface area (Å²) in [4.78, 5) is 20.7. The molecule has 2 N–H and O–H groups in total. The van der Waals surface area contributed by atoms with Gasteiger partial charge < -0.3 is 15.3 Å². The SMILES string of the molecule is C=C(CCC(C)C)CC(C)(C)C.CC.CO/C(CCC(N)=O)=C(/C)CC=O. The van der Waals surface area contributed by atoms with Crippen LogP contribution in [0.2, 0.25) is 0 Å². The number of primary amides is 1. The Bertz CT molecular complexity index is 443. The van der Waals surface area contributed by atoms with Gasteiger partial charge in [0.05, 0.1) is 12.9 Å². The molecular formula is C23H45NO3. The molecule has 0 fully saturated rings. The lowest BCUT2D eigenvalue weighted by molar-refractivity contribution is -0.118. The second kappa shape index (κ2) is 17.8. The normalized spacial score (nSPS) is 11.3. The average molecular weight is 384 g/mol. The first-order valence-electron chi connectivity index (χ1n) is 10.0. The third-order valence-electron chi connectivity index (χ3n) is 3.57. The smallest absolute Gasteiger partial charge is 0.217 e. The largest absolute Gasteiger partial charge is 0.501 e. The Morgan fingerprint density at radius 3 is 2.00 bits per heavy atom. The minimum absolute atomic E-state index is 0.249. The van der Waals surface area contributed by atoms with Crippen molar-refractivity contribution in [3.8, 4) is 0 Å². The van der Waals surface area contributed by atoms with Gasteiger partial charge in [0.2, 0.25) is 5.91 Å². The molecule has 0 rings (SSSR count). The lowest BCUT2D eigenvalue weighted by Gasteiger charge is -2.20. The number of methoxy groups -OCH3 is 1. The predicted molar refractivity (Wildman–Crippen MR) is 117 cm³/mol. The molecule has 0 saturated carbocycles. The summed E-state index contributed by atoms with van der Waals surface area (Å²) < 4.78 is 5.03. The fraction of sp³-hybridized carbons (Fsp3) is 0.739. The molecule has 0 heterocycles. The summed E-state index contributed by atoms with van der Waals surface area (Å²) in [5.74, 6) is 1.11. The van der Waals surface area contributed by atoms with E-state index in [1.807, 2.05) is 13.8 Å². The van der Waals surface area contributed by atoms with E-state index in [1.54, 1.807) is 6.92 Å². The lowest BCUT2D eigenvalue weighted by Crippen LogP contribution is -2.10. The number of amides is 1. The second-order valence-electron chi connectivity index (χ2n) is 8.16. The standard InChI is InChI=1S/C12H24.C9H15NO3.C2H6/c1-10(2)7-8-11(3)9-12(4,5)6;1-7(5-6-11)8(13-2)3-4-9(10)12;1-2/h10H,3,7-9H2,1-2,4-6H3;6H,3-5H2,1-2H3,(H2,10,12);1-2H3/b;8-7-;. The van der Waals surface area contributed by atoms with E-state index in [1.165, 1.54) is 31.9 Å². The number of ether oxygens (including phenoxy) is 1. The van der Waals surface area contributed by atoms with Crippen LogP contribution in [0.15, 0.2) is 23.5 Å². The van der Waals surface area contributed by atoms with Crippen molar-refractivity contribution in [1.82, 2.24) is 0 Å². The van der Waals surface area contributed by atoms with E-state index in [9.17, 15) is 9.59 Å². The number of nitrogens with two attached hydrogens (primary N) is 1. The van der Waals surface area contributed by atoms with Crippen molar-refractivity contribution in [2.75, 3.05) is 7.11 Å². The van der Waals surface area contributed by atoms with Crippen LogP contribution in [0.1, 0.15) is 93.9 Å². The van der Waals surface area contributed by atoms with Gasteiger partial charge in [0.25, 0.3) is 0 Å². The van der Waals surface area contributed by atoms with Crippen LogP contribution in [0, 0.1) is 11.3 Å². The first-order valence-corrected chi connectivity index (χ1v) is 10.0. The van der Waals surface area contributed by atoms with Crippen LogP contribution in [0.3, 0.4) is 0 Å². The number of carbonyl (C=O) groups is 2. The van der Waals surface area contributed by atoms with Crippen LogP contribution in [-0.4, -0.2) is 19.3 Å². The van der Waals surface area contributed by atoms with Crippen LogP contribution < -0.4 is 5.73 Å².